The van der Waals surface area contributed by atoms with Gasteiger partial charge < -0.3 is 29.7 Å². The second kappa shape index (κ2) is 12.3. The van der Waals surface area contributed by atoms with Gasteiger partial charge in [-0.3, -0.25) is 0 Å². The van der Waals surface area contributed by atoms with Crippen molar-refractivity contribution in [1.29, 1.82) is 5.41 Å². The van der Waals surface area contributed by atoms with Crippen LogP contribution in [0.25, 0.3) is 0 Å². The molecular weight excluding hydrogens is 477 g/mol. The lowest BCUT2D eigenvalue weighted by Gasteiger charge is -2.22. The molecule has 1 heterocycles. The molecule has 1 unspecified atom stereocenters. The van der Waals surface area contributed by atoms with Crippen molar-refractivity contribution in [3.05, 3.63) is 76.9 Å². The number of alkyl halides is 3. The molecule has 8 nitrogen and oxygen atoms in total. The maximum Gasteiger partial charge on any atom is 0.416 e. The van der Waals surface area contributed by atoms with E-state index in [-0.39, 0.29) is 42.2 Å². The highest BCUT2D eigenvalue weighted by molar-refractivity contribution is 6.05. The van der Waals surface area contributed by atoms with Gasteiger partial charge in [0.1, 0.15) is 11.4 Å². The van der Waals surface area contributed by atoms with Crippen molar-refractivity contribution in [2.75, 3.05) is 39.9 Å². The third-order valence-electron chi connectivity index (χ3n) is 5.18. The molecule has 36 heavy (non-hydrogen) atoms. The molecule has 1 atom stereocenters. The number of rotatable bonds is 12. The maximum absolute atomic E-state index is 13.0. The Bertz CT molecular complexity index is 1140. The number of nitrogens with one attached hydrogen (secondary N) is 2. The summed E-state index contributed by atoms with van der Waals surface area (Å²) in [6, 6.07) is 13.6. The van der Waals surface area contributed by atoms with Gasteiger partial charge in [-0.2, -0.15) is 23.1 Å². The normalized spacial score (nSPS) is 12.2. The monoisotopic (exact) mass is 504 g/mol. The van der Waals surface area contributed by atoms with Crippen molar-refractivity contribution in [3.8, 4) is 11.9 Å². The second-order valence-electron chi connectivity index (χ2n) is 7.67. The standard InChI is InChI=1S/C25H27F3N4O4/c1-33-15-20(17-9-11-18(12-10-17)25(26,27)28)30-22-21(23(34-2)32-24(31-22)35-3)19(29)14-36-13-16-7-5-4-6-8-16/h4-12,20,29H,13-15H2,1-3H3,(H,30,31,32). The van der Waals surface area contributed by atoms with Crippen molar-refractivity contribution in [2.45, 2.75) is 18.8 Å². The van der Waals surface area contributed by atoms with Crippen LogP contribution in [0.4, 0.5) is 19.0 Å². The van der Waals surface area contributed by atoms with Crippen molar-refractivity contribution < 1.29 is 32.1 Å². The molecule has 11 heteroatoms. The van der Waals surface area contributed by atoms with E-state index in [1.807, 2.05) is 30.3 Å². The number of hydrogen-bond acceptors (Lipinski definition) is 8. The smallest absolute Gasteiger partial charge is 0.416 e. The molecule has 3 rings (SSSR count). The van der Waals surface area contributed by atoms with E-state index >= 15 is 0 Å². The zero-order chi connectivity index (χ0) is 26.1. The van der Waals surface area contributed by atoms with Crippen molar-refractivity contribution in [1.82, 2.24) is 9.97 Å². The van der Waals surface area contributed by atoms with Crippen molar-refractivity contribution >= 4 is 11.5 Å². The van der Waals surface area contributed by atoms with Crippen LogP contribution >= 0.6 is 0 Å². The Morgan fingerprint density at radius 1 is 0.972 bits per heavy atom. The molecule has 2 N–H and O–H groups in total. The largest absolute Gasteiger partial charge is 0.480 e. The Morgan fingerprint density at radius 3 is 2.25 bits per heavy atom. The first-order valence-corrected chi connectivity index (χ1v) is 10.9. The fourth-order valence-electron chi connectivity index (χ4n) is 3.41. The van der Waals surface area contributed by atoms with E-state index in [2.05, 4.69) is 15.3 Å². The summed E-state index contributed by atoms with van der Waals surface area (Å²) in [4.78, 5) is 8.51. The first-order chi connectivity index (χ1) is 17.3. The lowest BCUT2D eigenvalue weighted by molar-refractivity contribution is -0.137. The van der Waals surface area contributed by atoms with Crippen LogP contribution in [0.15, 0.2) is 54.6 Å². The van der Waals surface area contributed by atoms with Gasteiger partial charge in [-0.05, 0) is 23.3 Å². The molecule has 0 aliphatic rings. The molecule has 1 aromatic heterocycles. The number of hydrogen-bond donors (Lipinski definition) is 2. The number of nitrogens with zero attached hydrogens (tertiary/aromatic N) is 2. The van der Waals surface area contributed by atoms with E-state index in [4.69, 9.17) is 24.4 Å². The number of ether oxygens (including phenoxy) is 4. The molecular formula is C25H27F3N4O4. The average molecular weight is 505 g/mol. The highest BCUT2D eigenvalue weighted by Gasteiger charge is 2.30. The quantitative estimate of drug-likeness (QED) is 0.339. The molecule has 0 bridgehead atoms. The summed E-state index contributed by atoms with van der Waals surface area (Å²) in [7, 11) is 4.25. The molecule has 0 aliphatic heterocycles. The summed E-state index contributed by atoms with van der Waals surface area (Å²) in [6.07, 6.45) is -4.45. The third kappa shape index (κ3) is 6.92. The second-order valence-corrected chi connectivity index (χ2v) is 7.67. The fraction of sp³-hybridized carbons (Fsp3) is 0.320. The number of aromatic nitrogens is 2. The molecule has 192 valence electrons. The zero-order valence-corrected chi connectivity index (χ0v) is 20.1. The van der Waals surface area contributed by atoms with Gasteiger partial charge in [-0.25, -0.2) is 0 Å². The van der Waals surface area contributed by atoms with Gasteiger partial charge in [0.15, 0.2) is 0 Å². The van der Waals surface area contributed by atoms with E-state index in [9.17, 15) is 13.2 Å². The zero-order valence-electron chi connectivity index (χ0n) is 20.1. The summed E-state index contributed by atoms with van der Waals surface area (Å²) < 4.78 is 60.6. The Hall–Kier alpha value is -3.70. The predicted octanol–water partition coefficient (Wildman–Crippen LogP) is 4.90. The number of benzene rings is 2. The number of anilines is 1. The van der Waals surface area contributed by atoms with Gasteiger partial charge in [0.25, 0.3) is 0 Å². The first kappa shape index (κ1) is 26.9. The Kier molecular flexibility index (Phi) is 9.20. The van der Waals surface area contributed by atoms with Crippen molar-refractivity contribution in [3.63, 3.8) is 0 Å². The molecule has 0 spiro atoms. The van der Waals surface area contributed by atoms with E-state index in [1.54, 1.807) is 0 Å². The fourth-order valence-corrected chi connectivity index (χ4v) is 3.41. The van der Waals surface area contributed by atoms with Crippen LogP contribution in [0, 0.1) is 5.41 Å². The SMILES string of the molecule is COCC(Nc1nc(OC)nc(OC)c1C(=N)COCc1ccccc1)c1ccc(C(F)(F)F)cc1. The summed E-state index contributed by atoms with van der Waals surface area (Å²) in [5.74, 6) is 0.273. The summed E-state index contributed by atoms with van der Waals surface area (Å²) in [6.45, 7) is 0.339. The molecule has 0 amide bonds. The van der Waals surface area contributed by atoms with E-state index in [0.717, 1.165) is 17.7 Å². The highest BCUT2D eigenvalue weighted by atomic mass is 19.4. The summed E-state index contributed by atoms with van der Waals surface area (Å²) >= 11 is 0. The molecule has 0 radical (unpaired) electrons. The lowest BCUT2D eigenvalue weighted by Crippen LogP contribution is -2.22. The number of halogens is 3. The Morgan fingerprint density at radius 2 is 1.67 bits per heavy atom. The first-order valence-electron chi connectivity index (χ1n) is 10.9. The van der Waals surface area contributed by atoms with Crippen LogP contribution in [0.2, 0.25) is 0 Å². The third-order valence-corrected chi connectivity index (χ3v) is 5.18. The minimum absolute atomic E-state index is 0.0142. The van der Waals surface area contributed by atoms with Gasteiger partial charge in [0.05, 0.1) is 51.4 Å². The van der Waals surface area contributed by atoms with Gasteiger partial charge in [-0.1, -0.05) is 42.5 Å². The Balaban J connectivity index is 1.89. The highest BCUT2D eigenvalue weighted by Crippen LogP contribution is 2.32. The van der Waals surface area contributed by atoms with Gasteiger partial charge in [0, 0.05) is 7.11 Å². The molecule has 3 aromatic rings. The minimum atomic E-state index is -4.45. The van der Waals surface area contributed by atoms with E-state index in [1.165, 1.54) is 33.5 Å². The maximum atomic E-state index is 13.0. The van der Waals surface area contributed by atoms with Gasteiger partial charge in [-0.15, -0.1) is 0 Å². The summed E-state index contributed by atoms with van der Waals surface area (Å²) in [5.41, 5.74) is 0.991. The molecule has 0 saturated heterocycles. The molecule has 0 aliphatic carbocycles. The molecule has 0 saturated carbocycles. The van der Waals surface area contributed by atoms with Crippen molar-refractivity contribution in [2.24, 2.45) is 0 Å². The van der Waals surface area contributed by atoms with Crippen LogP contribution in [0.5, 0.6) is 11.9 Å². The molecule has 2 aromatic carbocycles. The number of methoxy groups -OCH3 is 3. The van der Waals surface area contributed by atoms with Crippen LogP contribution in [-0.2, 0) is 22.3 Å². The van der Waals surface area contributed by atoms with Crippen LogP contribution in [0.1, 0.15) is 28.3 Å². The van der Waals surface area contributed by atoms with Crippen LogP contribution in [0.3, 0.4) is 0 Å². The topological polar surface area (TPSA) is 98.6 Å². The summed E-state index contributed by atoms with van der Waals surface area (Å²) in [5, 5.41) is 11.8. The Labute approximate surface area is 206 Å². The van der Waals surface area contributed by atoms with Gasteiger partial charge in [0.2, 0.25) is 5.88 Å². The van der Waals surface area contributed by atoms with E-state index in [0.29, 0.717) is 12.2 Å². The molecule has 0 fully saturated rings. The predicted molar refractivity (Wildman–Crippen MR) is 128 cm³/mol. The minimum Gasteiger partial charge on any atom is -0.480 e. The average Bonchev–Trinajstić information content (AvgIpc) is 2.88. The van der Waals surface area contributed by atoms with Crippen LogP contribution < -0.4 is 14.8 Å². The lowest BCUT2D eigenvalue weighted by atomic mass is 10.0. The van der Waals surface area contributed by atoms with Crippen LogP contribution in [-0.4, -0.2) is 50.2 Å². The van der Waals surface area contributed by atoms with Gasteiger partial charge >= 0.3 is 12.2 Å². The van der Waals surface area contributed by atoms with E-state index < -0.39 is 17.8 Å².